The Hall–Kier alpha value is -2.49. The standard InChI is InChI=1S/C16H21FN2O7/c1-8-6-18-14(23)19(12(8)22)13-15(4,17)16(5,26-10(3)21)11(25-13)7-24-9(2)20/h6,11,13H,7H2,1-5H3,(H,18,23)/t11-,13?,15+,16?/m1/s1. The predicted octanol–water partition coefficient (Wildman–Crippen LogP) is 0.356. The van der Waals surface area contributed by atoms with Crippen LogP contribution in [0.4, 0.5) is 4.39 Å². The summed E-state index contributed by atoms with van der Waals surface area (Å²) in [4.78, 5) is 49.5. The summed E-state index contributed by atoms with van der Waals surface area (Å²) in [7, 11) is 0. The second kappa shape index (κ2) is 6.67. The summed E-state index contributed by atoms with van der Waals surface area (Å²) in [5.74, 6) is -1.44. The van der Waals surface area contributed by atoms with Crippen molar-refractivity contribution in [1.29, 1.82) is 0 Å². The molecule has 2 rings (SSSR count). The number of aromatic nitrogens is 2. The maximum absolute atomic E-state index is 15.8. The molecule has 0 aromatic carbocycles. The van der Waals surface area contributed by atoms with Crippen LogP contribution in [-0.4, -0.2) is 45.5 Å². The molecule has 1 saturated heterocycles. The molecule has 0 aliphatic carbocycles. The number of halogens is 1. The second-order valence-electron chi connectivity index (χ2n) is 6.51. The topological polar surface area (TPSA) is 117 Å². The Bertz CT molecular complexity index is 844. The summed E-state index contributed by atoms with van der Waals surface area (Å²) < 4.78 is 32.0. The highest BCUT2D eigenvalue weighted by Crippen LogP contribution is 2.49. The number of H-pyrrole nitrogens is 1. The van der Waals surface area contributed by atoms with E-state index >= 15 is 4.39 Å². The molecular weight excluding hydrogens is 351 g/mol. The zero-order chi connectivity index (χ0) is 19.9. The lowest BCUT2D eigenvalue weighted by Crippen LogP contribution is -2.56. The summed E-state index contributed by atoms with van der Waals surface area (Å²) in [6, 6.07) is 0. The number of alkyl halides is 1. The molecule has 144 valence electrons. The molecular formula is C16H21FN2O7. The van der Waals surface area contributed by atoms with E-state index in [1.165, 1.54) is 20.0 Å². The van der Waals surface area contributed by atoms with Gasteiger partial charge in [0.15, 0.2) is 17.5 Å². The third kappa shape index (κ3) is 3.16. The van der Waals surface area contributed by atoms with Gasteiger partial charge in [-0.2, -0.15) is 0 Å². The van der Waals surface area contributed by atoms with E-state index in [1.807, 2.05) is 0 Å². The van der Waals surface area contributed by atoms with Gasteiger partial charge < -0.3 is 19.2 Å². The normalized spacial score (nSPS) is 30.8. The van der Waals surface area contributed by atoms with Crippen molar-refractivity contribution in [3.63, 3.8) is 0 Å². The number of nitrogens with zero attached hydrogens (tertiary/aromatic N) is 1. The Morgan fingerprint density at radius 2 is 1.92 bits per heavy atom. The van der Waals surface area contributed by atoms with E-state index < -0.39 is 53.4 Å². The van der Waals surface area contributed by atoms with E-state index in [1.54, 1.807) is 0 Å². The van der Waals surface area contributed by atoms with E-state index in [-0.39, 0.29) is 5.56 Å². The van der Waals surface area contributed by atoms with Gasteiger partial charge in [-0.25, -0.2) is 13.8 Å². The lowest BCUT2D eigenvalue weighted by molar-refractivity contribution is -0.178. The maximum Gasteiger partial charge on any atom is 0.330 e. The average Bonchev–Trinajstić information content (AvgIpc) is 2.69. The molecule has 0 radical (unpaired) electrons. The molecule has 26 heavy (non-hydrogen) atoms. The van der Waals surface area contributed by atoms with Crippen LogP contribution in [0, 0.1) is 6.92 Å². The number of esters is 2. The Morgan fingerprint density at radius 1 is 1.31 bits per heavy atom. The summed E-state index contributed by atoms with van der Waals surface area (Å²) >= 11 is 0. The highest BCUT2D eigenvalue weighted by atomic mass is 19.1. The van der Waals surface area contributed by atoms with Crippen molar-refractivity contribution in [3.05, 3.63) is 32.6 Å². The fourth-order valence-electron chi connectivity index (χ4n) is 2.93. The van der Waals surface area contributed by atoms with Crippen molar-refractivity contribution in [2.75, 3.05) is 6.61 Å². The number of hydrogen-bond acceptors (Lipinski definition) is 7. The first-order chi connectivity index (χ1) is 11.9. The molecule has 1 aromatic rings. The van der Waals surface area contributed by atoms with Gasteiger partial charge >= 0.3 is 17.6 Å². The minimum Gasteiger partial charge on any atom is -0.463 e. The third-order valence-corrected chi connectivity index (χ3v) is 4.56. The zero-order valence-corrected chi connectivity index (χ0v) is 15.1. The molecule has 0 spiro atoms. The number of rotatable bonds is 4. The molecule has 4 atom stereocenters. The van der Waals surface area contributed by atoms with E-state index in [4.69, 9.17) is 14.2 Å². The van der Waals surface area contributed by atoms with Gasteiger partial charge in [0.25, 0.3) is 5.56 Å². The second-order valence-corrected chi connectivity index (χ2v) is 6.51. The quantitative estimate of drug-likeness (QED) is 0.758. The summed E-state index contributed by atoms with van der Waals surface area (Å²) in [5.41, 5.74) is -5.85. The first kappa shape index (κ1) is 19.8. The van der Waals surface area contributed by atoms with Crippen molar-refractivity contribution in [1.82, 2.24) is 9.55 Å². The molecule has 10 heteroatoms. The first-order valence-corrected chi connectivity index (χ1v) is 7.90. The molecule has 0 amide bonds. The van der Waals surface area contributed by atoms with Gasteiger partial charge in [0, 0.05) is 25.6 Å². The number of aromatic amines is 1. The van der Waals surface area contributed by atoms with Gasteiger partial charge in [0.1, 0.15) is 12.7 Å². The zero-order valence-electron chi connectivity index (χ0n) is 15.1. The van der Waals surface area contributed by atoms with Gasteiger partial charge in [-0.15, -0.1) is 0 Å². The van der Waals surface area contributed by atoms with Crippen LogP contribution in [0.1, 0.15) is 39.5 Å². The molecule has 0 bridgehead atoms. The number of hydrogen-bond donors (Lipinski definition) is 1. The molecule has 1 N–H and O–H groups in total. The Balaban J connectivity index is 2.58. The van der Waals surface area contributed by atoms with Gasteiger partial charge in [0.05, 0.1) is 0 Å². The highest BCUT2D eigenvalue weighted by Gasteiger charge is 2.67. The number of carbonyl (C=O) groups is 2. The summed E-state index contributed by atoms with van der Waals surface area (Å²) in [5, 5.41) is 0. The maximum atomic E-state index is 15.8. The van der Waals surface area contributed by atoms with Gasteiger partial charge in [-0.3, -0.25) is 14.4 Å². The van der Waals surface area contributed by atoms with Crippen LogP contribution >= 0.6 is 0 Å². The van der Waals surface area contributed by atoms with E-state index in [2.05, 4.69) is 4.98 Å². The Kier molecular flexibility index (Phi) is 5.09. The van der Waals surface area contributed by atoms with E-state index in [0.717, 1.165) is 20.8 Å². The highest BCUT2D eigenvalue weighted by molar-refractivity contribution is 5.67. The molecule has 0 saturated carbocycles. The number of ether oxygens (including phenoxy) is 3. The Morgan fingerprint density at radius 3 is 2.46 bits per heavy atom. The Labute approximate surface area is 148 Å². The summed E-state index contributed by atoms with van der Waals surface area (Å²) in [6.45, 7) is 5.58. The van der Waals surface area contributed by atoms with Gasteiger partial charge in [0.2, 0.25) is 0 Å². The monoisotopic (exact) mass is 372 g/mol. The number of carbonyl (C=O) groups excluding carboxylic acids is 2. The van der Waals surface area contributed by atoms with E-state index in [0.29, 0.717) is 4.57 Å². The fourth-order valence-corrected chi connectivity index (χ4v) is 2.93. The fraction of sp³-hybridized carbons (Fsp3) is 0.625. The lowest BCUT2D eigenvalue weighted by Gasteiger charge is -2.36. The van der Waals surface area contributed by atoms with Crippen LogP contribution in [0.3, 0.4) is 0 Å². The number of aryl methyl sites for hydroxylation is 1. The first-order valence-electron chi connectivity index (χ1n) is 7.90. The number of nitrogens with one attached hydrogen (secondary N) is 1. The van der Waals surface area contributed by atoms with Crippen LogP contribution in [0.2, 0.25) is 0 Å². The van der Waals surface area contributed by atoms with Crippen molar-refractivity contribution in [3.8, 4) is 0 Å². The smallest absolute Gasteiger partial charge is 0.330 e. The van der Waals surface area contributed by atoms with Gasteiger partial charge in [-0.1, -0.05) is 0 Å². The third-order valence-electron chi connectivity index (χ3n) is 4.56. The van der Waals surface area contributed by atoms with Crippen molar-refractivity contribution < 1.29 is 28.2 Å². The summed E-state index contributed by atoms with van der Waals surface area (Å²) in [6.07, 6.45) is -1.72. The molecule has 1 aliphatic rings. The van der Waals surface area contributed by atoms with Crippen LogP contribution in [0.25, 0.3) is 0 Å². The van der Waals surface area contributed by atoms with Crippen LogP contribution in [0.15, 0.2) is 15.8 Å². The molecule has 1 aliphatic heterocycles. The largest absolute Gasteiger partial charge is 0.463 e. The van der Waals surface area contributed by atoms with Crippen molar-refractivity contribution in [2.24, 2.45) is 0 Å². The predicted molar refractivity (Wildman–Crippen MR) is 86.3 cm³/mol. The minimum atomic E-state index is -2.48. The van der Waals surface area contributed by atoms with Gasteiger partial charge in [-0.05, 0) is 20.8 Å². The van der Waals surface area contributed by atoms with Crippen LogP contribution < -0.4 is 11.2 Å². The van der Waals surface area contributed by atoms with Crippen LogP contribution in [-0.2, 0) is 23.8 Å². The lowest BCUT2D eigenvalue weighted by atomic mass is 9.84. The molecule has 2 unspecified atom stereocenters. The average molecular weight is 372 g/mol. The van der Waals surface area contributed by atoms with Crippen molar-refractivity contribution >= 4 is 11.9 Å². The molecule has 9 nitrogen and oxygen atoms in total. The molecule has 2 heterocycles. The minimum absolute atomic E-state index is 0.168. The molecule has 1 aromatic heterocycles. The van der Waals surface area contributed by atoms with Crippen molar-refractivity contribution in [2.45, 2.75) is 58.2 Å². The van der Waals surface area contributed by atoms with Crippen LogP contribution in [0.5, 0.6) is 0 Å². The SMILES string of the molecule is CC(=O)OC[C@H]1OC(n2c(=O)[nH]cc(C)c2=O)[C@](C)(F)C1(C)OC(C)=O. The molecule has 1 fully saturated rings. The van der Waals surface area contributed by atoms with E-state index in [9.17, 15) is 19.2 Å².